The Morgan fingerprint density at radius 2 is 1.97 bits per heavy atom. The highest BCUT2D eigenvalue weighted by molar-refractivity contribution is 14.0. The first-order valence-electron chi connectivity index (χ1n) is 11.4. The van der Waals surface area contributed by atoms with Gasteiger partial charge in [-0.3, -0.25) is 14.7 Å². The average molecular weight is 558 g/mol. The van der Waals surface area contributed by atoms with Gasteiger partial charge >= 0.3 is 0 Å². The maximum absolute atomic E-state index is 12.1. The summed E-state index contributed by atoms with van der Waals surface area (Å²) in [5.41, 5.74) is 2.38. The number of amides is 1. The zero-order chi connectivity index (χ0) is 20.8. The number of carbonyl (C=O) groups is 1. The van der Waals surface area contributed by atoms with E-state index in [9.17, 15) is 4.79 Å². The fraction of sp³-hybridized carbons (Fsp3) is 0.652. The van der Waals surface area contributed by atoms with Crippen LogP contribution in [0.5, 0.6) is 0 Å². The number of fused-ring (bicyclic) bond motifs is 1. The average Bonchev–Trinajstić information content (AvgIpc) is 3.26. The van der Waals surface area contributed by atoms with Crippen molar-refractivity contribution in [1.82, 2.24) is 15.5 Å². The van der Waals surface area contributed by atoms with Crippen molar-refractivity contribution in [2.24, 2.45) is 4.99 Å². The first-order chi connectivity index (χ1) is 14.7. The number of benzene rings is 1. The first-order valence-corrected chi connectivity index (χ1v) is 12.6. The molecule has 1 aliphatic carbocycles. The van der Waals surface area contributed by atoms with E-state index in [4.69, 9.17) is 4.99 Å². The van der Waals surface area contributed by atoms with Crippen LogP contribution in [0.25, 0.3) is 0 Å². The van der Waals surface area contributed by atoms with Crippen molar-refractivity contribution < 1.29 is 4.79 Å². The van der Waals surface area contributed by atoms with Gasteiger partial charge in [0.2, 0.25) is 5.91 Å². The molecule has 1 unspecified atom stereocenters. The Morgan fingerprint density at radius 3 is 2.71 bits per heavy atom. The maximum Gasteiger partial charge on any atom is 0.225 e. The molecule has 1 amide bonds. The summed E-state index contributed by atoms with van der Waals surface area (Å²) >= 11 is 2.07. The van der Waals surface area contributed by atoms with E-state index in [2.05, 4.69) is 45.6 Å². The van der Waals surface area contributed by atoms with E-state index >= 15 is 0 Å². The summed E-state index contributed by atoms with van der Waals surface area (Å²) in [5.74, 6) is 3.62. The number of para-hydroxylation sites is 1. The Morgan fingerprint density at radius 1 is 1.23 bits per heavy atom. The summed E-state index contributed by atoms with van der Waals surface area (Å²) in [6.07, 6.45) is 5.67. The predicted octanol–water partition coefficient (Wildman–Crippen LogP) is 3.65. The van der Waals surface area contributed by atoms with Crippen molar-refractivity contribution in [3.05, 3.63) is 29.8 Å². The fourth-order valence-electron chi connectivity index (χ4n) is 5.12. The Hall–Kier alpha value is -1.000. The largest absolute Gasteiger partial charge is 0.357 e. The smallest absolute Gasteiger partial charge is 0.225 e. The van der Waals surface area contributed by atoms with Crippen molar-refractivity contribution in [2.45, 2.75) is 50.5 Å². The summed E-state index contributed by atoms with van der Waals surface area (Å²) < 4.78 is 0. The summed E-state index contributed by atoms with van der Waals surface area (Å²) in [5, 5.41) is 9.94. The normalized spacial score (nSPS) is 23.5. The lowest BCUT2D eigenvalue weighted by Crippen LogP contribution is -2.53. The van der Waals surface area contributed by atoms with Crippen LogP contribution in [0.2, 0.25) is 0 Å². The molecule has 31 heavy (non-hydrogen) atoms. The monoisotopic (exact) mass is 557 g/mol. The molecule has 6 nitrogen and oxygen atoms in total. The number of aliphatic imine (C=N–C) groups is 1. The molecule has 3 aliphatic rings. The third-order valence-electron chi connectivity index (χ3n) is 6.71. The van der Waals surface area contributed by atoms with Crippen molar-refractivity contribution in [3.8, 4) is 0 Å². The zero-order valence-electron chi connectivity index (χ0n) is 18.5. The number of nitrogens with one attached hydrogen (secondary N) is 3. The van der Waals surface area contributed by atoms with E-state index < -0.39 is 0 Å². The summed E-state index contributed by atoms with van der Waals surface area (Å²) in [4.78, 5) is 19.9. The third kappa shape index (κ3) is 6.07. The topological polar surface area (TPSA) is 68.8 Å². The highest BCUT2D eigenvalue weighted by Crippen LogP contribution is 2.37. The summed E-state index contributed by atoms with van der Waals surface area (Å²) in [7, 11) is 0. The molecule has 1 saturated heterocycles. The quantitative estimate of drug-likeness (QED) is 0.283. The van der Waals surface area contributed by atoms with Crippen LogP contribution in [-0.2, 0) is 4.79 Å². The Balaban J connectivity index is 0.00000272. The molecule has 1 atom stereocenters. The molecular weight excluding hydrogens is 521 g/mol. The molecule has 1 aromatic carbocycles. The van der Waals surface area contributed by atoms with Gasteiger partial charge in [0, 0.05) is 61.2 Å². The van der Waals surface area contributed by atoms with Crippen molar-refractivity contribution >= 4 is 53.3 Å². The lowest BCUT2D eigenvalue weighted by molar-refractivity contribution is -0.116. The highest BCUT2D eigenvalue weighted by Gasteiger charge is 2.40. The molecule has 0 bridgehead atoms. The Bertz CT molecular complexity index is 762. The molecule has 1 aromatic rings. The van der Waals surface area contributed by atoms with Gasteiger partial charge in [0.25, 0.3) is 0 Å². The van der Waals surface area contributed by atoms with E-state index in [0.29, 0.717) is 13.0 Å². The second kappa shape index (κ2) is 11.7. The molecule has 8 heteroatoms. The van der Waals surface area contributed by atoms with Crippen LogP contribution < -0.4 is 16.0 Å². The van der Waals surface area contributed by atoms with Gasteiger partial charge in [0.05, 0.1) is 6.54 Å². The molecule has 3 N–H and O–H groups in total. The number of halogens is 1. The number of anilines is 1. The lowest BCUT2D eigenvalue weighted by atomic mass is 9.90. The molecule has 0 spiro atoms. The summed E-state index contributed by atoms with van der Waals surface area (Å²) in [6, 6.07) is 8.12. The molecule has 2 heterocycles. The van der Waals surface area contributed by atoms with Gasteiger partial charge in [-0.25, -0.2) is 0 Å². The van der Waals surface area contributed by atoms with Crippen LogP contribution in [0.4, 0.5) is 5.69 Å². The van der Waals surface area contributed by atoms with Gasteiger partial charge in [0.1, 0.15) is 0 Å². The SMILES string of the molecule is CCNC(=NCC1(N2CCSCC2)CCCC1)NCC1CC(=O)Nc2ccccc21.I. The first kappa shape index (κ1) is 24.6. The highest BCUT2D eigenvalue weighted by atomic mass is 127. The molecule has 4 rings (SSSR count). The van der Waals surface area contributed by atoms with Gasteiger partial charge in [-0.2, -0.15) is 11.8 Å². The molecule has 1 saturated carbocycles. The van der Waals surface area contributed by atoms with Crippen LogP contribution in [-0.4, -0.2) is 66.5 Å². The van der Waals surface area contributed by atoms with E-state index in [1.54, 1.807) is 0 Å². The van der Waals surface area contributed by atoms with Crippen LogP contribution in [0, 0.1) is 0 Å². The summed E-state index contributed by atoms with van der Waals surface area (Å²) in [6.45, 7) is 6.89. The van der Waals surface area contributed by atoms with Crippen molar-refractivity contribution in [2.75, 3.05) is 49.5 Å². The number of rotatable bonds is 6. The van der Waals surface area contributed by atoms with E-state index in [1.165, 1.54) is 55.8 Å². The van der Waals surface area contributed by atoms with E-state index in [1.807, 2.05) is 18.2 Å². The van der Waals surface area contributed by atoms with E-state index in [-0.39, 0.29) is 41.3 Å². The van der Waals surface area contributed by atoms with Crippen molar-refractivity contribution in [1.29, 1.82) is 0 Å². The number of hydrogen-bond donors (Lipinski definition) is 3. The molecular formula is C23H36IN5OS. The molecule has 2 aliphatic heterocycles. The minimum Gasteiger partial charge on any atom is -0.357 e. The Labute approximate surface area is 207 Å². The number of thioether (sulfide) groups is 1. The van der Waals surface area contributed by atoms with E-state index in [0.717, 1.165) is 24.7 Å². The van der Waals surface area contributed by atoms with Crippen LogP contribution in [0.3, 0.4) is 0 Å². The third-order valence-corrected chi connectivity index (χ3v) is 7.66. The van der Waals surface area contributed by atoms with Crippen LogP contribution in [0.1, 0.15) is 50.5 Å². The standard InChI is InChI=1S/C23H35N5OS.HI/c1-2-24-22(25-16-18-15-21(29)27-20-8-4-3-7-19(18)20)26-17-23(9-5-6-10-23)28-11-13-30-14-12-28;/h3-4,7-8,18H,2,5-6,9-17H2,1H3,(H,27,29)(H2,24,25,26);1H. The number of carbonyl (C=O) groups excluding carboxylic acids is 1. The van der Waals surface area contributed by atoms with Gasteiger partial charge in [-0.1, -0.05) is 31.0 Å². The van der Waals surface area contributed by atoms with Gasteiger partial charge < -0.3 is 16.0 Å². The van der Waals surface area contributed by atoms with Crippen LogP contribution >= 0.6 is 35.7 Å². The number of guanidine groups is 1. The minimum atomic E-state index is 0. The molecule has 2 fully saturated rings. The molecule has 172 valence electrons. The van der Waals surface area contributed by atoms with Crippen LogP contribution in [0.15, 0.2) is 29.3 Å². The molecule has 0 aromatic heterocycles. The molecule has 0 radical (unpaired) electrons. The second-order valence-corrected chi connectivity index (χ2v) is 9.87. The Kier molecular flexibility index (Phi) is 9.33. The van der Waals surface area contributed by atoms with Crippen molar-refractivity contribution in [3.63, 3.8) is 0 Å². The van der Waals surface area contributed by atoms with Gasteiger partial charge in [-0.15, -0.1) is 24.0 Å². The predicted molar refractivity (Wildman–Crippen MR) is 142 cm³/mol. The zero-order valence-corrected chi connectivity index (χ0v) is 21.6. The van der Waals surface area contributed by atoms with Gasteiger partial charge in [0.15, 0.2) is 5.96 Å². The maximum atomic E-state index is 12.1. The number of hydrogen-bond acceptors (Lipinski definition) is 4. The fourth-order valence-corrected chi connectivity index (χ4v) is 6.02. The minimum absolute atomic E-state index is 0. The van der Waals surface area contributed by atoms with Gasteiger partial charge in [-0.05, 0) is 31.4 Å². The second-order valence-electron chi connectivity index (χ2n) is 8.64. The lowest BCUT2D eigenvalue weighted by Gasteiger charge is -2.42. The number of nitrogens with zero attached hydrogens (tertiary/aromatic N) is 2.